The molecule has 1 aromatic carbocycles. The zero-order valence-corrected chi connectivity index (χ0v) is 11.6. The Kier molecular flexibility index (Phi) is 3.13. The first-order valence-electron chi connectivity index (χ1n) is 5.67. The van der Waals surface area contributed by atoms with E-state index < -0.39 is 11.2 Å². The molecule has 1 atom stereocenters. The van der Waals surface area contributed by atoms with Crippen LogP contribution in [-0.4, -0.2) is 18.8 Å². The number of hydroxylamine groups is 1. The maximum Gasteiger partial charge on any atom is 0.262 e. The second-order valence-corrected chi connectivity index (χ2v) is 5.32. The van der Waals surface area contributed by atoms with Gasteiger partial charge < -0.3 is 4.74 Å². The predicted octanol–water partition coefficient (Wildman–Crippen LogP) is 3.01. The van der Waals surface area contributed by atoms with E-state index in [0.29, 0.717) is 10.7 Å². The quantitative estimate of drug-likeness (QED) is 0.828. The van der Waals surface area contributed by atoms with Gasteiger partial charge in [-0.2, -0.15) is 5.06 Å². The Morgan fingerprint density at radius 2 is 1.89 bits per heavy atom. The lowest BCUT2D eigenvalue weighted by molar-refractivity contribution is -0.228. The second kappa shape index (κ2) is 4.23. The van der Waals surface area contributed by atoms with Gasteiger partial charge in [-0.25, -0.2) is 4.84 Å². The van der Waals surface area contributed by atoms with Crippen LogP contribution in [0.25, 0.3) is 0 Å². The molecule has 1 aliphatic heterocycles. The highest BCUT2D eigenvalue weighted by Crippen LogP contribution is 2.46. The van der Waals surface area contributed by atoms with Crippen LogP contribution in [0.1, 0.15) is 20.8 Å². The van der Waals surface area contributed by atoms with Gasteiger partial charge in [0.15, 0.2) is 0 Å². The zero-order chi connectivity index (χ0) is 13.6. The average Bonchev–Trinajstić information content (AvgIpc) is 2.52. The van der Waals surface area contributed by atoms with Gasteiger partial charge in [0.2, 0.25) is 5.79 Å². The summed E-state index contributed by atoms with van der Waals surface area (Å²) >= 11 is 6.08. The van der Waals surface area contributed by atoms with E-state index in [2.05, 4.69) is 0 Å². The Bertz CT molecular complexity index is 489. The topological polar surface area (TPSA) is 38.8 Å². The van der Waals surface area contributed by atoms with Crippen LogP contribution < -0.4 is 5.06 Å². The normalized spacial score (nSPS) is 26.7. The van der Waals surface area contributed by atoms with E-state index in [9.17, 15) is 4.79 Å². The van der Waals surface area contributed by atoms with Gasteiger partial charge in [-0.1, -0.05) is 23.7 Å². The molecular formula is C13H16ClNO3. The van der Waals surface area contributed by atoms with Gasteiger partial charge in [0.1, 0.15) is 5.41 Å². The lowest BCUT2D eigenvalue weighted by Crippen LogP contribution is -2.43. The third kappa shape index (κ3) is 1.72. The number of methoxy groups -OCH3 is 1. The second-order valence-electron chi connectivity index (χ2n) is 4.92. The monoisotopic (exact) mass is 269 g/mol. The van der Waals surface area contributed by atoms with Crippen molar-refractivity contribution in [2.24, 2.45) is 5.41 Å². The van der Waals surface area contributed by atoms with E-state index >= 15 is 0 Å². The summed E-state index contributed by atoms with van der Waals surface area (Å²) in [4.78, 5) is 18.1. The van der Waals surface area contributed by atoms with Crippen molar-refractivity contribution >= 4 is 23.2 Å². The minimum atomic E-state index is -1.01. The number of benzene rings is 1. The molecule has 18 heavy (non-hydrogen) atoms. The van der Waals surface area contributed by atoms with Crippen LogP contribution in [0.4, 0.5) is 5.69 Å². The summed E-state index contributed by atoms with van der Waals surface area (Å²) in [7, 11) is 1.52. The Morgan fingerprint density at radius 3 is 2.39 bits per heavy atom. The molecule has 1 saturated heterocycles. The van der Waals surface area contributed by atoms with Gasteiger partial charge in [0, 0.05) is 7.11 Å². The molecule has 4 nitrogen and oxygen atoms in total. The summed E-state index contributed by atoms with van der Waals surface area (Å²) < 4.78 is 5.35. The highest BCUT2D eigenvalue weighted by atomic mass is 35.5. The summed E-state index contributed by atoms with van der Waals surface area (Å²) in [6.07, 6.45) is 0. The van der Waals surface area contributed by atoms with Crippen molar-refractivity contribution in [3.8, 4) is 0 Å². The molecule has 1 fully saturated rings. The van der Waals surface area contributed by atoms with E-state index in [4.69, 9.17) is 21.2 Å². The van der Waals surface area contributed by atoms with E-state index in [-0.39, 0.29) is 5.91 Å². The Hall–Kier alpha value is -1.10. The number of halogens is 1. The zero-order valence-electron chi connectivity index (χ0n) is 10.9. The van der Waals surface area contributed by atoms with Crippen LogP contribution in [0.3, 0.4) is 0 Å². The van der Waals surface area contributed by atoms with E-state index in [0.717, 1.165) is 0 Å². The maximum absolute atomic E-state index is 12.4. The number of anilines is 1. The van der Waals surface area contributed by atoms with Crippen LogP contribution in [0.5, 0.6) is 0 Å². The Morgan fingerprint density at radius 1 is 1.28 bits per heavy atom. The predicted molar refractivity (Wildman–Crippen MR) is 69.2 cm³/mol. The summed E-state index contributed by atoms with van der Waals surface area (Å²) in [5.74, 6) is -1.19. The van der Waals surface area contributed by atoms with Crippen molar-refractivity contribution in [2.45, 2.75) is 26.6 Å². The molecule has 1 aliphatic rings. The van der Waals surface area contributed by atoms with Crippen molar-refractivity contribution in [1.82, 2.24) is 0 Å². The summed E-state index contributed by atoms with van der Waals surface area (Å²) in [6, 6.07) is 7.04. The van der Waals surface area contributed by atoms with Crippen LogP contribution in [-0.2, 0) is 14.4 Å². The SMILES string of the molecule is COC1(C)ON(c2ccccc2Cl)C(=O)C1(C)C. The van der Waals surface area contributed by atoms with Crippen LogP contribution >= 0.6 is 11.6 Å². The fourth-order valence-electron chi connectivity index (χ4n) is 1.85. The molecule has 0 N–H and O–H groups in total. The minimum absolute atomic E-state index is 0.181. The van der Waals surface area contributed by atoms with Crippen molar-refractivity contribution < 1.29 is 14.4 Å². The van der Waals surface area contributed by atoms with Crippen molar-refractivity contribution in [2.75, 3.05) is 12.2 Å². The molecule has 0 aromatic heterocycles. The number of hydrogen-bond donors (Lipinski definition) is 0. The molecule has 1 unspecified atom stereocenters. The van der Waals surface area contributed by atoms with Gasteiger partial charge in [0.25, 0.3) is 5.91 Å². The number of para-hydroxylation sites is 1. The fraction of sp³-hybridized carbons (Fsp3) is 0.462. The van der Waals surface area contributed by atoms with E-state index in [1.165, 1.54) is 12.2 Å². The highest BCUT2D eigenvalue weighted by Gasteiger charge is 2.59. The van der Waals surface area contributed by atoms with Gasteiger partial charge in [-0.05, 0) is 32.9 Å². The fourth-order valence-corrected chi connectivity index (χ4v) is 2.06. The molecule has 0 spiro atoms. The molecule has 1 heterocycles. The molecule has 2 rings (SSSR count). The minimum Gasteiger partial charge on any atom is -0.351 e. The molecule has 0 radical (unpaired) electrons. The molecule has 98 valence electrons. The average molecular weight is 270 g/mol. The van der Waals surface area contributed by atoms with Gasteiger partial charge in [-0.3, -0.25) is 4.79 Å². The molecule has 0 aliphatic carbocycles. The van der Waals surface area contributed by atoms with Crippen LogP contribution in [0.2, 0.25) is 5.02 Å². The van der Waals surface area contributed by atoms with Crippen molar-refractivity contribution in [3.05, 3.63) is 29.3 Å². The highest BCUT2D eigenvalue weighted by molar-refractivity contribution is 6.33. The van der Waals surface area contributed by atoms with Crippen molar-refractivity contribution in [1.29, 1.82) is 0 Å². The largest absolute Gasteiger partial charge is 0.351 e. The van der Waals surface area contributed by atoms with Gasteiger partial charge in [-0.15, -0.1) is 0 Å². The molecule has 5 heteroatoms. The number of carbonyl (C=O) groups excluding carboxylic acids is 1. The van der Waals surface area contributed by atoms with Crippen molar-refractivity contribution in [3.63, 3.8) is 0 Å². The number of ether oxygens (including phenoxy) is 1. The Labute approximate surface area is 111 Å². The van der Waals surface area contributed by atoms with Gasteiger partial charge in [0.05, 0.1) is 10.7 Å². The first-order chi connectivity index (χ1) is 8.33. The smallest absolute Gasteiger partial charge is 0.262 e. The van der Waals surface area contributed by atoms with Gasteiger partial charge >= 0.3 is 0 Å². The molecule has 1 aromatic rings. The lowest BCUT2D eigenvalue weighted by atomic mass is 9.84. The summed E-state index contributed by atoms with van der Waals surface area (Å²) in [6.45, 7) is 5.31. The number of nitrogens with zero attached hydrogens (tertiary/aromatic N) is 1. The number of rotatable bonds is 2. The van der Waals surface area contributed by atoms with E-state index in [1.54, 1.807) is 45.0 Å². The first kappa shape index (κ1) is 13.3. The summed E-state index contributed by atoms with van der Waals surface area (Å²) in [5, 5.41) is 1.67. The molecule has 1 amide bonds. The van der Waals surface area contributed by atoms with E-state index in [1.807, 2.05) is 0 Å². The number of amides is 1. The maximum atomic E-state index is 12.4. The molecule has 0 bridgehead atoms. The number of carbonyl (C=O) groups is 1. The molecule has 0 saturated carbocycles. The Balaban J connectivity index is 2.45. The third-order valence-corrected chi connectivity index (χ3v) is 3.90. The number of hydrogen-bond acceptors (Lipinski definition) is 3. The van der Waals surface area contributed by atoms with Crippen LogP contribution in [0.15, 0.2) is 24.3 Å². The lowest BCUT2D eigenvalue weighted by Gasteiger charge is -2.30. The standard InChI is InChI=1S/C13H16ClNO3/c1-12(2)11(16)15(18-13(12,3)17-4)10-8-6-5-7-9(10)14/h5-8H,1-4H3. The van der Waals surface area contributed by atoms with Crippen LogP contribution in [0, 0.1) is 5.41 Å². The molecular weight excluding hydrogens is 254 g/mol. The first-order valence-corrected chi connectivity index (χ1v) is 6.04. The summed E-state index contributed by atoms with van der Waals surface area (Å²) in [5.41, 5.74) is -0.265. The third-order valence-electron chi connectivity index (χ3n) is 3.58.